The molecule has 186 valence electrons. The Hall–Kier alpha value is -4.06. The minimum absolute atomic E-state index is 0.0700. The average Bonchev–Trinajstić information content (AvgIpc) is 2.91. The largest absolute Gasteiger partial charge is 0.396 e. The van der Waals surface area contributed by atoms with Crippen LogP contribution in [0.1, 0.15) is 17.5 Å². The maximum atomic E-state index is 14.5. The highest BCUT2D eigenvalue weighted by Crippen LogP contribution is 2.40. The molecule has 7 nitrogen and oxygen atoms in total. The smallest absolute Gasteiger partial charge is 0.124 e. The van der Waals surface area contributed by atoms with E-state index in [1.807, 2.05) is 37.4 Å². The molecule has 4 heterocycles. The van der Waals surface area contributed by atoms with Crippen LogP contribution in [-0.4, -0.2) is 48.4 Å². The van der Waals surface area contributed by atoms with Crippen LogP contribution in [0.15, 0.2) is 54.9 Å². The van der Waals surface area contributed by atoms with Gasteiger partial charge in [0.1, 0.15) is 11.9 Å². The van der Waals surface area contributed by atoms with Crippen LogP contribution in [0.25, 0.3) is 33.3 Å². The monoisotopic (exact) mass is 494 g/mol. The molecule has 0 saturated carbocycles. The van der Waals surface area contributed by atoms with Gasteiger partial charge in [0.05, 0.1) is 40.9 Å². The third-order valence-corrected chi connectivity index (χ3v) is 7.29. The number of benzene rings is 2. The number of aryl methyl sites for hydroxylation is 1. The van der Waals surface area contributed by atoms with E-state index in [0.717, 1.165) is 58.4 Å². The Morgan fingerprint density at radius 1 is 1.16 bits per heavy atom. The summed E-state index contributed by atoms with van der Waals surface area (Å²) in [5, 5.41) is 14.0. The molecule has 8 heteroatoms. The Morgan fingerprint density at radius 3 is 2.89 bits per heavy atom. The van der Waals surface area contributed by atoms with Gasteiger partial charge in [0.2, 0.25) is 0 Å². The number of anilines is 2. The van der Waals surface area contributed by atoms with Gasteiger partial charge in [0.15, 0.2) is 0 Å². The minimum atomic E-state index is -0.279. The van der Waals surface area contributed by atoms with Crippen molar-refractivity contribution in [3.05, 3.63) is 71.8 Å². The van der Waals surface area contributed by atoms with Crippen LogP contribution >= 0.6 is 0 Å². The first-order valence-corrected chi connectivity index (χ1v) is 12.5. The average molecular weight is 495 g/mol. The molecule has 0 bridgehead atoms. The van der Waals surface area contributed by atoms with Crippen molar-refractivity contribution < 1.29 is 9.13 Å². The normalized spacial score (nSPS) is 19.4. The summed E-state index contributed by atoms with van der Waals surface area (Å²) in [4.78, 5) is 11.6. The quantitative estimate of drug-likeness (QED) is 0.435. The number of morpholine rings is 1. The number of pyridine rings is 2. The lowest BCUT2D eigenvalue weighted by Gasteiger charge is -2.43. The van der Waals surface area contributed by atoms with Crippen LogP contribution in [0.5, 0.6) is 0 Å². The Bertz CT molecular complexity index is 1530. The third kappa shape index (κ3) is 4.26. The van der Waals surface area contributed by atoms with Gasteiger partial charge >= 0.3 is 0 Å². The molecule has 0 spiro atoms. The van der Waals surface area contributed by atoms with E-state index in [0.29, 0.717) is 36.1 Å². The SMILES string of the molecule is Cc1cc(F)cc(-c2cnc3ccc(-c4nccc(C#N)c4N)cc3c2N2CC[C@@H]3NCCO[C@H]3C2)c1. The van der Waals surface area contributed by atoms with Crippen molar-refractivity contribution in [3.63, 3.8) is 0 Å². The number of nitrogens with zero attached hydrogens (tertiary/aromatic N) is 4. The van der Waals surface area contributed by atoms with Gasteiger partial charge in [-0.2, -0.15) is 5.26 Å². The first kappa shape index (κ1) is 23.3. The summed E-state index contributed by atoms with van der Waals surface area (Å²) in [5.74, 6) is -0.279. The first-order chi connectivity index (χ1) is 18.0. The number of nitrogens with one attached hydrogen (secondary N) is 1. The number of hydrogen-bond acceptors (Lipinski definition) is 7. The summed E-state index contributed by atoms with van der Waals surface area (Å²) in [6, 6.07) is 15.0. The molecule has 6 rings (SSSR count). The summed E-state index contributed by atoms with van der Waals surface area (Å²) in [5.41, 5.74) is 12.7. The Kier molecular flexibility index (Phi) is 5.95. The molecule has 2 saturated heterocycles. The highest BCUT2D eigenvalue weighted by atomic mass is 19.1. The molecule has 0 amide bonds. The number of nitrogens with two attached hydrogens (primary N) is 1. The molecule has 37 heavy (non-hydrogen) atoms. The van der Waals surface area contributed by atoms with Crippen LogP contribution in [0.2, 0.25) is 0 Å². The van der Waals surface area contributed by atoms with Crippen molar-refractivity contribution in [2.24, 2.45) is 0 Å². The van der Waals surface area contributed by atoms with Crippen molar-refractivity contribution in [2.75, 3.05) is 36.9 Å². The number of fused-ring (bicyclic) bond motifs is 2. The summed E-state index contributed by atoms with van der Waals surface area (Å²) in [6.45, 7) is 4.99. The fourth-order valence-electron chi connectivity index (χ4n) is 5.55. The molecule has 2 atom stereocenters. The van der Waals surface area contributed by atoms with E-state index >= 15 is 0 Å². The van der Waals surface area contributed by atoms with Crippen LogP contribution < -0.4 is 16.0 Å². The lowest BCUT2D eigenvalue weighted by molar-refractivity contribution is -0.00896. The molecule has 0 aliphatic carbocycles. The highest BCUT2D eigenvalue weighted by Gasteiger charge is 2.33. The zero-order valence-electron chi connectivity index (χ0n) is 20.5. The number of hydrogen-bond donors (Lipinski definition) is 2. The third-order valence-electron chi connectivity index (χ3n) is 7.29. The standard InChI is InChI=1S/C29H27FN6O/c1-17-10-20(12-21(30)11-17)23-15-35-24-3-2-18(28-27(32)19(14-31)4-6-34-28)13-22(24)29(23)36-8-5-25-26(16-36)37-9-7-33-25/h2-4,6,10-13,15,25-26,33H,5,7-9,16,32H2,1H3/t25-,26-/m0/s1. The van der Waals surface area contributed by atoms with Gasteiger partial charge in [-0.15, -0.1) is 0 Å². The fraction of sp³-hybridized carbons (Fsp3) is 0.276. The number of halogens is 1. The molecule has 2 aliphatic rings. The van der Waals surface area contributed by atoms with Crippen molar-refractivity contribution in [2.45, 2.75) is 25.5 Å². The summed E-state index contributed by atoms with van der Waals surface area (Å²) in [7, 11) is 0. The second-order valence-electron chi connectivity index (χ2n) is 9.71. The van der Waals surface area contributed by atoms with Crippen molar-refractivity contribution in [3.8, 4) is 28.5 Å². The molecule has 3 N–H and O–H groups in total. The number of aromatic nitrogens is 2. The van der Waals surface area contributed by atoms with Crippen LogP contribution in [-0.2, 0) is 4.74 Å². The fourth-order valence-corrected chi connectivity index (χ4v) is 5.55. The van der Waals surface area contributed by atoms with E-state index in [1.54, 1.807) is 18.3 Å². The summed E-state index contributed by atoms with van der Waals surface area (Å²) >= 11 is 0. The van der Waals surface area contributed by atoms with Gasteiger partial charge in [0.25, 0.3) is 0 Å². The Morgan fingerprint density at radius 2 is 2.05 bits per heavy atom. The van der Waals surface area contributed by atoms with Gasteiger partial charge in [-0.3, -0.25) is 9.97 Å². The van der Waals surface area contributed by atoms with Crippen molar-refractivity contribution in [1.29, 1.82) is 5.26 Å². The zero-order chi connectivity index (χ0) is 25.5. The molecular formula is C29H27FN6O. The zero-order valence-corrected chi connectivity index (χ0v) is 20.5. The van der Waals surface area contributed by atoms with E-state index in [4.69, 9.17) is 15.5 Å². The van der Waals surface area contributed by atoms with E-state index in [2.05, 4.69) is 21.3 Å². The number of nitrogen functional groups attached to an aromatic ring is 1. The number of rotatable bonds is 3. The summed E-state index contributed by atoms with van der Waals surface area (Å²) in [6.07, 6.45) is 4.44. The maximum Gasteiger partial charge on any atom is 0.124 e. The van der Waals surface area contributed by atoms with Crippen LogP contribution in [0.3, 0.4) is 0 Å². The van der Waals surface area contributed by atoms with Crippen molar-refractivity contribution in [1.82, 2.24) is 15.3 Å². The lowest BCUT2D eigenvalue weighted by Crippen LogP contribution is -2.57. The number of piperidine rings is 1. The van der Waals surface area contributed by atoms with Gasteiger partial charge in [-0.05, 0) is 54.8 Å². The number of ether oxygens (including phenoxy) is 1. The van der Waals surface area contributed by atoms with Gasteiger partial charge in [0, 0.05) is 54.6 Å². The molecule has 2 aromatic carbocycles. The van der Waals surface area contributed by atoms with E-state index in [1.165, 1.54) is 6.07 Å². The van der Waals surface area contributed by atoms with E-state index in [9.17, 15) is 9.65 Å². The summed E-state index contributed by atoms with van der Waals surface area (Å²) < 4.78 is 20.6. The second kappa shape index (κ2) is 9.43. The molecule has 4 aromatic rings. The molecule has 2 fully saturated rings. The van der Waals surface area contributed by atoms with E-state index in [-0.39, 0.29) is 11.9 Å². The minimum Gasteiger partial charge on any atom is -0.396 e. The Balaban J connectivity index is 1.56. The van der Waals surface area contributed by atoms with E-state index < -0.39 is 0 Å². The number of nitriles is 1. The van der Waals surface area contributed by atoms with Gasteiger partial charge < -0.3 is 20.7 Å². The molecule has 2 aromatic heterocycles. The second-order valence-corrected chi connectivity index (χ2v) is 9.71. The van der Waals surface area contributed by atoms with Crippen molar-refractivity contribution >= 4 is 22.3 Å². The highest BCUT2D eigenvalue weighted by molar-refractivity contribution is 6.02. The predicted octanol–water partition coefficient (Wildman–Crippen LogP) is 4.43. The first-order valence-electron chi connectivity index (χ1n) is 12.5. The van der Waals surface area contributed by atoms with Crippen LogP contribution in [0.4, 0.5) is 15.8 Å². The Labute approximate surface area is 214 Å². The topological polar surface area (TPSA) is 100 Å². The van der Waals surface area contributed by atoms with Crippen LogP contribution in [0, 0.1) is 24.1 Å². The molecule has 0 unspecified atom stereocenters. The lowest BCUT2D eigenvalue weighted by atomic mass is 9.94. The maximum absolute atomic E-state index is 14.5. The molecule has 2 aliphatic heterocycles. The molecular weight excluding hydrogens is 467 g/mol. The van der Waals surface area contributed by atoms with Gasteiger partial charge in [-0.1, -0.05) is 12.1 Å². The molecule has 0 radical (unpaired) electrons. The predicted molar refractivity (Wildman–Crippen MR) is 143 cm³/mol. The van der Waals surface area contributed by atoms with Gasteiger partial charge in [-0.25, -0.2) is 4.39 Å².